The highest BCUT2D eigenvalue weighted by Gasteiger charge is 2.37. The first kappa shape index (κ1) is 47.2. The van der Waals surface area contributed by atoms with Crippen LogP contribution in [0, 0.1) is 0 Å². The van der Waals surface area contributed by atoms with E-state index < -0.39 is 0 Å². The summed E-state index contributed by atoms with van der Waals surface area (Å²) in [5.41, 5.74) is 26.8. The van der Waals surface area contributed by atoms with Gasteiger partial charge in [-0.1, -0.05) is 222 Å². The monoisotopic (exact) mass is 1060 g/mol. The molecule has 0 atom stereocenters. The molecule has 2 aliphatic carbocycles. The first-order chi connectivity index (χ1) is 40.2. The molecule has 0 N–H and O–H groups in total. The van der Waals surface area contributed by atoms with E-state index in [4.69, 9.17) is 0 Å². The second kappa shape index (κ2) is 17.5. The largest absolute Gasteiger partial charge is 0.309 e. The quantitative estimate of drug-likeness (QED) is 0.146. The molecule has 386 valence electrons. The second-order valence-electron chi connectivity index (χ2n) is 23.9. The molecular formula is C80H55NS. The number of benzene rings is 13. The Morgan fingerprint density at radius 1 is 0.268 bits per heavy atom. The van der Waals surface area contributed by atoms with E-state index in [1.54, 1.807) is 0 Å². The van der Waals surface area contributed by atoms with E-state index in [9.17, 15) is 0 Å². The average Bonchev–Trinajstić information content (AvgIpc) is 3.30. The fourth-order valence-electron chi connectivity index (χ4n) is 14.8. The number of hydrogen-bond acceptors (Lipinski definition) is 1. The van der Waals surface area contributed by atoms with Crippen molar-refractivity contribution >= 4 is 74.9 Å². The molecule has 0 radical (unpaired) electrons. The van der Waals surface area contributed by atoms with Crippen molar-refractivity contribution in [2.75, 3.05) is 0 Å². The molecule has 0 unspecified atom stereocenters. The van der Waals surface area contributed by atoms with Crippen molar-refractivity contribution in [1.29, 1.82) is 0 Å². The van der Waals surface area contributed by atoms with Crippen LogP contribution in [0.25, 0.3) is 147 Å². The third-order valence-electron chi connectivity index (χ3n) is 18.8. The fraction of sp³-hybridized carbons (Fsp3) is 0.0750. The Kier molecular flexibility index (Phi) is 10.1. The van der Waals surface area contributed by atoms with Crippen LogP contribution < -0.4 is 0 Å². The molecule has 17 rings (SSSR count). The molecule has 0 saturated heterocycles. The maximum absolute atomic E-state index is 2.48. The summed E-state index contributed by atoms with van der Waals surface area (Å²) in [4.78, 5) is 0. The maximum Gasteiger partial charge on any atom is 0.0541 e. The summed E-state index contributed by atoms with van der Waals surface area (Å²) in [5.74, 6) is 0. The zero-order valence-corrected chi connectivity index (χ0v) is 47.0. The van der Waals surface area contributed by atoms with Crippen LogP contribution in [0.4, 0.5) is 0 Å². The topological polar surface area (TPSA) is 4.93 Å². The van der Waals surface area contributed by atoms with Crippen molar-refractivity contribution in [1.82, 2.24) is 4.57 Å². The molecule has 2 aromatic heterocycles. The van der Waals surface area contributed by atoms with Gasteiger partial charge in [-0.3, -0.25) is 0 Å². The van der Waals surface area contributed by atoms with Gasteiger partial charge in [-0.05, 0) is 183 Å². The highest BCUT2D eigenvalue weighted by atomic mass is 32.1. The van der Waals surface area contributed by atoms with E-state index in [0.29, 0.717) is 0 Å². The Balaban J connectivity index is 0.824. The van der Waals surface area contributed by atoms with Crippen molar-refractivity contribution in [3.63, 3.8) is 0 Å². The van der Waals surface area contributed by atoms with Crippen molar-refractivity contribution in [3.05, 3.63) is 283 Å². The van der Waals surface area contributed by atoms with Gasteiger partial charge in [-0.2, -0.15) is 0 Å². The molecule has 0 aliphatic heterocycles. The Morgan fingerprint density at radius 3 is 1.33 bits per heavy atom. The van der Waals surface area contributed by atoms with E-state index in [1.807, 2.05) is 11.3 Å². The Labute approximate surface area is 481 Å². The summed E-state index contributed by atoms with van der Waals surface area (Å²) in [6.07, 6.45) is 0. The first-order valence-electron chi connectivity index (χ1n) is 28.8. The van der Waals surface area contributed by atoms with Gasteiger partial charge < -0.3 is 4.57 Å². The predicted molar refractivity (Wildman–Crippen MR) is 351 cm³/mol. The second-order valence-corrected chi connectivity index (χ2v) is 25.0. The van der Waals surface area contributed by atoms with Crippen LogP contribution in [-0.4, -0.2) is 4.57 Å². The minimum absolute atomic E-state index is 0.0726. The van der Waals surface area contributed by atoms with Gasteiger partial charge in [0, 0.05) is 53.0 Å². The van der Waals surface area contributed by atoms with E-state index in [0.717, 1.165) is 5.69 Å². The molecule has 82 heavy (non-hydrogen) atoms. The molecule has 0 spiro atoms. The summed E-state index contributed by atoms with van der Waals surface area (Å²) in [6.45, 7) is 9.52. The fourth-order valence-corrected chi connectivity index (χ4v) is 16.0. The minimum Gasteiger partial charge on any atom is -0.309 e. The van der Waals surface area contributed by atoms with Crippen LogP contribution in [0.15, 0.2) is 261 Å². The van der Waals surface area contributed by atoms with Gasteiger partial charge in [0.05, 0.1) is 11.0 Å². The standard InChI is InChI=1S/C80H55NS/c1-79(2)69-27-15-12-20-56(69)58-38-32-51(46-71(58)79)50-35-41-75-67(42-50)68-45-54(52-33-39-59-57-21-13-16-28-70(57)80(3,4)72(59)47-52)44-65(78(68)82-75)53-34-40-74-66(43-53)60-22-14-17-29-73(60)81(74)55-36-30-49(31-37-55)77-63-25-10-8-23-61(63)76(48-18-6-5-7-19-48)62-24-9-11-26-64(62)77/h5-47H,1-4H3. The number of rotatable bonds is 6. The van der Waals surface area contributed by atoms with Gasteiger partial charge in [0.15, 0.2) is 0 Å². The van der Waals surface area contributed by atoms with Crippen LogP contribution in [0.1, 0.15) is 49.9 Å². The van der Waals surface area contributed by atoms with Gasteiger partial charge >= 0.3 is 0 Å². The van der Waals surface area contributed by atoms with Crippen LogP contribution in [0.3, 0.4) is 0 Å². The van der Waals surface area contributed by atoms with Crippen molar-refractivity contribution in [2.45, 2.75) is 38.5 Å². The number of hydrogen-bond donors (Lipinski definition) is 0. The van der Waals surface area contributed by atoms with Gasteiger partial charge in [-0.15, -0.1) is 11.3 Å². The van der Waals surface area contributed by atoms with Crippen molar-refractivity contribution < 1.29 is 0 Å². The molecule has 2 heteroatoms. The van der Waals surface area contributed by atoms with E-state index in [1.165, 1.54) is 164 Å². The molecule has 0 saturated carbocycles. The third-order valence-corrected chi connectivity index (χ3v) is 20.0. The van der Waals surface area contributed by atoms with Gasteiger partial charge in [0.2, 0.25) is 0 Å². The Morgan fingerprint density at radius 2 is 0.707 bits per heavy atom. The lowest BCUT2D eigenvalue weighted by molar-refractivity contribution is 0.660. The minimum atomic E-state index is -0.110. The molecular weight excluding hydrogens is 1010 g/mol. The van der Waals surface area contributed by atoms with Gasteiger partial charge in [0.1, 0.15) is 0 Å². The number of aromatic nitrogens is 1. The molecule has 13 aromatic carbocycles. The van der Waals surface area contributed by atoms with Crippen molar-refractivity contribution in [3.8, 4) is 83.6 Å². The summed E-state index contributed by atoms with van der Waals surface area (Å²) < 4.78 is 5.07. The zero-order valence-electron chi connectivity index (χ0n) is 46.2. The summed E-state index contributed by atoms with van der Waals surface area (Å²) in [7, 11) is 0. The Bertz CT molecular complexity index is 5140. The lowest BCUT2D eigenvalue weighted by Gasteiger charge is -2.22. The molecule has 0 fully saturated rings. The van der Waals surface area contributed by atoms with Crippen LogP contribution >= 0.6 is 11.3 Å². The van der Waals surface area contributed by atoms with Crippen molar-refractivity contribution in [2.24, 2.45) is 0 Å². The number of para-hydroxylation sites is 1. The molecule has 2 aliphatic rings. The summed E-state index contributed by atoms with van der Waals surface area (Å²) >= 11 is 1.92. The van der Waals surface area contributed by atoms with E-state index >= 15 is 0 Å². The molecule has 2 heterocycles. The van der Waals surface area contributed by atoms with Crippen LogP contribution in [-0.2, 0) is 10.8 Å². The molecule has 1 nitrogen and oxygen atoms in total. The number of fused-ring (bicyclic) bond motifs is 14. The van der Waals surface area contributed by atoms with Crippen LogP contribution in [0.2, 0.25) is 0 Å². The highest BCUT2D eigenvalue weighted by Crippen LogP contribution is 2.53. The highest BCUT2D eigenvalue weighted by molar-refractivity contribution is 7.26. The van der Waals surface area contributed by atoms with Gasteiger partial charge in [0.25, 0.3) is 0 Å². The molecule has 15 aromatic rings. The summed E-state index contributed by atoms with van der Waals surface area (Å²) in [5, 5.41) is 10.1. The zero-order chi connectivity index (χ0) is 54.6. The van der Waals surface area contributed by atoms with Gasteiger partial charge in [-0.25, -0.2) is 0 Å². The van der Waals surface area contributed by atoms with E-state index in [2.05, 4.69) is 293 Å². The smallest absolute Gasteiger partial charge is 0.0541 e. The molecule has 0 amide bonds. The normalized spacial score (nSPS) is 13.8. The predicted octanol–water partition coefficient (Wildman–Crippen LogP) is 22.4. The average molecular weight is 1060 g/mol. The maximum atomic E-state index is 2.48. The SMILES string of the molecule is CC1(C)c2ccccc2-c2ccc(-c3ccc4sc5c(-c6ccc7c(c6)c6ccccc6n7-c6ccc(-c7c8ccccc8c(-c8ccccc8)c8ccccc78)cc6)cc(-c6ccc7c(c6)C(C)(C)c6ccccc6-7)cc5c4c3)cc21. The van der Waals surface area contributed by atoms with Crippen LogP contribution in [0.5, 0.6) is 0 Å². The molecule has 0 bridgehead atoms. The lowest BCUT2D eigenvalue weighted by Crippen LogP contribution is -2.14. The van der Waals surface area contributed by atoms with E-state index in [-0.39, 0.29) is 10.8 Å². The Hall–Kier alpha value is -9.60. The third kappa shape index (κ3) is 6.79. The first-order valence-corrected chi connectivity index (χ1v) is 29.6. The summed E-state index contributed by atoms with van der Waals surface area (Å²) in [6, 6.07) is 98.6. The number of nitrogens with zero attached hydrogens (tertiary/aromatic N) is 1. The number of thiophene rings is 1. The lowest BCUT2D eigenvalue weighted by atomic mass is 9.81.